The molecule has 144 valence electrons. The maximum Gasteiger partial charge on any atom is 0.339 e. The Morgan fingerprint density at radius 1 is 1.08 bits per heavy atom. The van der Waals surface area contributed by atoms with Gasteiger partial charge in [0, 0.05) is 6.54 Å². The van der Waals surface area contributed by atoms with Crippen molar-refractivity contribution >= 4 is 17.9 Å². The fourth-order valence-corrected chi connectivity index (χ4v) is 1.93. The molecular formula is C18H26N2O6. The molecule has 0 unspecified atom stereocenters. The molecule has 1 aromatic rings. The fraction of sp³-hybridized carbons (Fsp3) is 0.500. The zero-order valence-corrected chi connectivity index (χ0v) is 15.6. The summed E-state index contributed by atoms with van der Waals surface area (Å²) in [7, 11) is 0. The van der Waals surface area contributed by atoms with Crippen LogP contribution in [0.5, 0.6) is 11.5 Å². The van der Waals surface area contributed by atoms with Crippen molar-refractivity contribution in [2.75, 3.05) is 19.8 Å². The number of imide groups is 1. The van der Waals surface area contributed by atoms with Crippen LogP contribution >= 0.6 is 0 Å². The quantitative estimate of drug-likeness (QED) is 0.650. The van der Waals surface area contributed by atoms with E-state index in [9.17, 15) is 14.4 Å². The Balaban J connectivity index is 2.77. The first-order chi connectivity index (χ1) is 12.4. The van der Waals surface area contributed by atoms with Crippen molar-refractivity contribution in [3.63, 3.8) is 0 Å². The monoisotopic (exact) mass is 366 g/mol. The van der Waals surface area contributed by atoms with Crippen molar-refractivity contribution < 1.29 is 28.6 Å². The number of amides is 3. The van der Waals surface area contributed by atoms with Crippen LogP contribution in [-0.2, 0) is 9.53 Å². The Kier molecular flexibility index (Phi) is 8.97. The number of hydrogen-bond donors (Lipinski definition) is 2. The number of benzene rings is 1. The summed E-state index contributed by atoms with van der Waals surface area (Å²) < 4.78 is 16.2. The summed E-state index contributed by atoms with van der Waals surface area (Å²) in [6, 6.07) is 4.02. The minimum atomic E-state index is -1.13. The molecule has 0 aromatic heterocycles. The maximum atomic E-state index is 12.3. The summed E-state index contributed by atoms with van der Waals surface area (Å²) >= 11 is 0. The molecule has 0 heterocycles. The molecule has 1 rings (SSSR count). The number of ether oxygens (including phenoxy) is 3. The van der Waals surface area contributed by atoms with Gasteiger partial charge in [0.15, 0.2) is 17.6 Å². The van der Waals surface area contributed by atoms with Crippen LogP contribution in [0, 0.1) is 0 Å². The van der Waals surface area contributed by atoms with Gasteiger partial charge in [-0.05, 0) is 45.4 Å². The normalized spacial score (nSPS) is 11.2. The van der Waals surface area contributed by atoms with Crippen molar-refractivity contribution in [2.24, 2.45) is 0 Å². The van der Waals surface area contributed by atoms with E-state index in [2.05, 4.69) is 10.6 Å². The van der Waals surface area contributed by atoms with Crippen LogP contribution in [0.15, 0.2) is 18.2 Å². The molecule has 0 fully saturated rings. The maximum absolute atomic E-state index is 12.3. The van der Waals surface area contributed by atoms with Crippen LogP contribution in [0.1, 0.15) is 44.5 Å². The van der Waals surface area contributed by atoms with E-state index in [4.69, 9.17) is 14.2 Å². The van der Waals surface area contributed by atoms with Crippen molar-refractivity contribution in [2.45, 2.75) is 40.2 Å². The number of esters is 1. The summed E-state index contributed by atoms with van der Waals surface area (Å²) in [6.45, 7) is 8.22. The first-order valence-corrected chi connectivity index (χ1v) is 8.62. The summed E-state index contributed by atoms with van der Waals surface area (Å²) in [6.07, 6.45) is -0.287. The number of carbonyl (C=O) groups is 3. The smallest absolute Gasteiger partial charge is 0.339 e. The third-order valence-corrected chi connectivity index (χ3v) is 3.17. The van der Waals surface area contributed by atoms with E-state index < -0.39 is 24.0 Å². The lowest BCUT2D eigenvalue weighted by Gasteiger charge is -2.15. The SMILES string of the molecule is CCCOc1ccc(C(=O)O[C@H](C)C(=O)NC(=O)NCC)cc1OCC. The molecule has 0 saturated carbocycles. The molecule has 1 atom stereocenters. The summed E-state index contributed by atoms with van der Waals surface area (Å²) in [5, 5.41) is 4.51. The summed E-state index contributed by atoms with van der Waals surface area (Å²) in [5.41, 5.74) is 0.218. The van der Waals surface area contributed by atoms with Crippen LogP contribution in [0.25, 0.3) is 0 Å². The Morgan fingerprint density at radius 3 is 2.42 bits per heavy atom. The lowest BCUT2D eigenvalue weighted by atomic mass is 10.2. The van der Waals surface area contributed by atoms with E-state index in [0.717, 1.165) is 6.42 Å². The second-order valence-corrected chi connectivity index (χ2v) is 5.34. The van der Waals surface area contributed by atoms with E-state index in [1.54, 1.807) is 13.0 Å². The molecule has 0 saturated heterocycles. The van der Waals surface area contributed by atoms with Gasteiger partial charge in [0.25, 0.3) is 5.91 Å². The van der Waals surface area contributed by atoms with E-state index in [1.807, 2.05) is 13.8 Å². The highest BCUT2D eigenvalue weighted by atomic mass is 16.5. The van der Waals surface area contributed by atoms with Crippen LogP contribution in [0.2, 0.25) is 0 Å². The minimum Gasteiger partial charge on any atom is -0.490 e. The van der Waals surface area contributed by atoms with E-state index >= 15 is 0 Å². The number of hydrogen-bond acceptors (Lipinski definition) is 6. The number of rotatable bonds is 9. The number of urea groups is 1. The highest BCUT2D eigenvalue weighted by Crippen LogP contribution is 2.29. The summed E-state index contributed by atoms with van der Waals surface area (Å²) in [5.74, 6) is -0.453. The first kappa shape index (κ1) is 21.3. The van der Waals surface area contributed by atoms with Gasteiger partial charge >= 0.3 is 12.0 Å². The predicted octanol–water partition coefficient (Wildman–Crippen LogP) is 2.27. The Hall–Kier alpha value is -2.77. The Bertz CT molecular complexity index is 632. The van der Waals surface area contributed by atoms with Gasteiger partial charge in [0.2, 0.25) is 0 Å². The molecule has 1 aromatic carbocycles. The van der Waals surface area contributed by atoms with Crippen LogP contribution < -0.4 is 20.1 Å². The van der Waals surface area contributed by atoms with Crippen LogP contribution in [0.3, 0.4) is 0 Å². The second kappa shape index (κ2) is 11.0. The van der Waals surface area contributed by atoms with Gasteiger partial charge in [-0.1, -0.05) is 6.92 Å². The molecule has 0 spiro atoms. The van der Waals surface area contributed by atoms with Crippen molar-refractivity contribution in [1.29, 1.82) is 0 Å². The standard InChI is InChI=1S/C18H26N2O6/c1-5-10-25-14-9-8-13(11-15(14)24-7-3)17(22)26-12(4)16(21)20-18(23)19-6-2/h8-9,11-12H,5-7,10H2,1-4H3,(H2,19,20,21,23)/t12-/m1/s1. The molecule has 8 nitrogen and oxygen atoms in total. The van der Waals surface area contributed by atoms with Gasteiger partial charge < -0.3 is 19.5 Å². The molecule has 0 radical (unpaired) electrons. The predicted molar refractivity (Wildman–Crippen MR) is 95.5 cm³/mol. The Morgan fingerprint density at radius 2 is 1.81 bits per heavy atom. The third-order valence-electron chi connectivity index (χ3n) is 3.17. The van der Waals surface area contributed by atoms with Crippen molar-refractivity contribution in [3.05, 3.63) is 23.8 Å². The molecule has 0 aliphatic rings. The van der Waals surface area contributed by atoms with Gasteiger partial charge in [-0.2, -0.15) is 0 Å². The molecule has 26 heavy (non-hydrogen) atoms. The van der Waals surface area contributed by atoms with Gasteiger partial charge in [0.05, 0.1) is 18.8 Å². The lowest BCUT2D eigenvalue weighted by Crippen LogP contribution is -2.44. The molecule has 3 amide bonds. The zero-order chi connectivity index (χ0) is 19.5. The van der Waals surface area contributed by atoms with Crippen LogP contribution in [-0.4, -0.2) is 43.8 Å². The van der Waals surface area contributed by atoms with Gasteiger partial charge in [-0.3, -0.25) is 10.1 Å². The highest BCUT2D eigenvalue weighted by Gasteiger charge is 2.21. The molecule has 2 N–H and O–H groups in total. The molecule has 0 aliphatic heterocycles. The average molecular weight is 366 g/mol. The third kappa shape index (κ3) is 6.62. The van der Waals surface area contributed by atoms with E-state index in [-0.39, 0.29) is 5.56 Å². The lowest BCUT2D eigenvalue weighted by molar-refractivity contribution is -0.127. The summed E-state index contributed by atoms with van der Waals surface area (Å²) in [4.78, 5) is 35.4. The highest BCUT2D eigenvalue weighted by molar-refractivity contribution is 5.98. The van der Waals surface area contributed by atoms with Crippen LogP contribution in [0.4, 0.5) is 4.79 Å². The molecule has 0 bridgehead atoms. The molecule has 8 heteroatoms. The fourth-order valence-electron chi connectivity index (χ4n) is 1.93. The minimum absolute atomic E-state index is 0.218. The average Bonchev–Trinajstić information content (AvgIpc) is 2.60. The van der Waals surface area contributed by atoms with E-state index in [0.29, 0.717) is 31.3 Å². The Labute approximate surface area is 153 Å². The van der Waals surface area contributed by atoms with Gasteiger partial charge in [0.1, 0.15) is 0 Å². The first-order valence-electron chi connectivity index (χ1n) is 8.62. The zero-order valence-electron chi connectivity index (χ0n) is 15.6. The number of carbonyl (C=O) groups excluding carboxylic acids is 3. The van der Waals surface area contributed by atoms with Gasteiger partial charge in [-0.25, -0.2) is 9.59 Å². The topological polar surface area (TPSA) is 103 Å². The largest absolute Gasteiger partial charge is 0.490 e. The molecular weight excluding hydrogens is 340 g/mol. The van der Waals surface area contributed by atoms with E-state index in [1.165, 1.54) is 19.1 Å². The van der Waals surface area contributed by atoms with Crippen molar-refractivity contribution in [1.82, 2.24) is 10.6 Å². The molecule has 0 aliphatic carbocycles. The second-order valence-electron chi connectivity index (χ2n) is 5.34. The van der Waals surface area contributed by atoms with Crippen molar-refractivity contribution in [3.8, 4) is 11.5 Å². The number of nitrogens with one attached hydrogen (secondary N) is 2. The van der Waals surface area contributed by atoms with Gasteiger partial charge in [-0.15, -0.1) is 0 Å².